The zero-order valence-electron chi connectivity index (χ0n) is 36.9. The lowest BCUT2D eigenvalue weighted by atomic mass is 9.70. The van der Waals surface area contributed by atoms with E-state index in [4.69, 9.17) is 14.4 Å². The Hall–Kier alpha value is -8.92. The SMILES string of the molecule is c1ccc(-c2cccc(-c3cc(-c4cc(-c5ccc6c(c5)-c5ccccc5C65c6ccccc6-c6ccccc65)nc(-c5ccccc5)n4)cc(-c4cccc5c4oc4ccccc45)c3)c2)cc1. The lowest BCUT2D eigenvalue weighted by Gasteiger charge is -2.30. The molecule has 0 aliphatic heterocycles. The number of aromatic nitrogens is 2. The number of para-hydroxylation sites is 2. The van der Waals surface area contributed by atoms with Gasteiger partial charge in [-0.2, -0.15) is 0 Å². The number of benzene rings is 10. The number of nitrogens with zero attached hydrogens (tertiary/aromatic N) is 2. The van der Waals surface area contributed by atoms with E-state index in [0.29, 0.717) is 5.82 Å². The molecule has 2 aliphatic rings. The van der Waals surface area contributed by atoms with Gasteiger partial charge in [0.1, 0.15) is 11.2 Å². The summed E-state index contributed by atoms with van der Waals surface area (Å²) in [5.74, 6) is 0.673. The van der Waals surface area contributed by atoms with Crippen LogP contribution in [0.5, 0.6) is 0 Å². The molecule has 0 saturated heterocycles. The Morgan fingerprint density at radius 1 is 0.279 bits per heavy atom. The maximum absolute atomic E-state index is 6.67. The summed E-state index contributed by atoms with van der Waals surface area (Å²) in [6.07, 6.45) is 0. The van der Waals surface area contributed by atoms with E-state index in [9.17, 15) is 0 Å². The first-order chi connectivity index (χ1) is 33.7. The van der Waals surface area contributed by atoms with Crippen LogP contribution in [-0.4, -0.2) is 9.97 Å². The summed E-state index contributed by atoms with van der Waals surface area (Å²) in [5, 5.41) is 2.20. The average Bonchev–Trinajstić information content (AvgIpc) is 4.05. The molecule has 0 bridgehead atoms. The fourth-order valence-electron chi connectivity index (χ4n) is 11.3. The van der Waals surface area contributed by atoms with Crippen LogP contribution in [0.25, 0.3) is 111 Å². The number of rotatable bonds is 6. The van der Waals surface area contributed by atoms with Crippen molar-refractivity contribution in [1.29, 1.82) is 0 Å². The molecule has 68 heavy (non-hydrogen) atoms. The summed E-state index contributed by atoms with van der Waals surface area (Å²) >= 11 is 0. The predicted molar refractivity (Wildman–Crippen MR) is 278 cm³/mol. The molecule has 12 aromatic rings. The molecule has 0 radical (unpaired) electrons. The molecule has 0 N–H and O–H groups in total. The van der Waals surface area contributed by atoms with Crippen LogP contribution < -0.4 is 0 Å². The molecule has 2 heterocycles. The minimum Gasteiger partial charge on any atom is -0.455 e. The molecule has 0 amide bonds. The third-order valence-electron chi connectivity index (χ3n) is 14.3. The third-order valence-corrected chi connectivity index (χ3v) is 14.3. The molecule has 0 unspecified atom stereocenters. The van der Waals surface area contributed by atoms with Gasteiger partial charge in [0.2, 0.25) is 0 Å². The molecule has 0 fully saturated rings. The van der Waals surface area contributed by atoms with Crippen molar-refractivity contribution in [3.63, 3.8) is 0 Å². The second kappa shape index (κ2) is 15.1. The maximum Gasteiger partial charge on any atom is 0.160 e. The minimum atomic E-state index is -0.416. The number of fused-ring (bicyclic) bond motifs is 13. The summed E-state index contributed by atoms with van der Waals surface area (Å²) in [4.78, 5) is 10.8. The summed E-state index contributed by atoms with van der Waals surface area (Å²) in [6, 6.07) is 87.4. The largest absolute Gasteiger partial charge is 0.455 e. The van der Waals surface area contributed by atoms with Gasteiger partial charge < -0.3 is 4.42 Å². The zero-order valence-corrected chi connectivity index (χ0v) is 36.9. The first-order valence-corrected chi connectivity index (χ1v) is 23.3. The Labute approximate surface area is 394 Å². The number of furan rings is 1. The maximum atomic E-state index is 6.67. The molecule has 14 rings (SSSR count). The molecule has 2 aromatic heterocycles. The van der Waals surface area contributed by atoms with E-state index >= 15 is 0 Å². The van der Waals surface area contributed by atoms with E-state index in [-0.39, 0.29) is 0 Å². The van der Waals surface area contributed by atoms with Gasteiger partial charge in [0, 0.05) is 33.0 Å². The molecular weight excluding hydrogens is 825 g/mol. The lowest BCUT2D eigenvalue weighted by Crippen LogP contribution is -2.25. The molecule has 1 spiro atoms. The van der Waals surface area contributed by atoms with Gasteiger partial charge in [0.25, 0.3) is 0 Å². The van der Waals surface area contributed by atoms with Crippen molar-refractivity contribution in [2.75, 3.05) is 0 Å². The number of hydrogen-bond acceptors (Lipinski definition) is 3. The van der Waals surface area contributed by atoms with Crippen LogP contribution in [-0.2, 0) is 5.41 Å². The van der Waals surface area contributed by atoms with Gasteiger partial charge in [-0.25, -0.2) is 9.97 Å². The summed E-state index contributed by atoms with van der Waals surface area (Å²) in [6.45, 7) is 0. The Bertz CT molecular complexity index is 3930. The van der Waals surface area contributed by atoms with Crippen LogP contribution in [0.3, 0.4) is 0 Å². The van der Waals surface area contributed by atoms with E-state index in [2.05, 4.69) is 224 Å². The van der Waals surface area contributed by atoms with E-state index < -0.39 is 5.41 Å². The van der Waals surface area contributed by atoms with Gasteiger partial charge in [-0.1, -0.05) is 200 Å². The van der Waals surface area contributed by atoms with Crippen LogP contribution in [0.2, 0.25) is 0 Å². The van der Waals surface area contributed by atoms with E-state index in [1.807, 2.05) is 18.2 Å². The van der Waals surface area contributed by atoms with E-state index in [1.54, 1.807) is 0 Å². The van der Waals surface area contributed by atoms with Crippen molar-refractivity contribution >= 4 is 21.9 Å². The zero-order chi connectivity index (χ0) is 44.8. The molecule has 3 nitrogen and oxygen atoms in total. The Morgan fingerprint density at radius 2 is 0.765 bits per heavy atom. The Balaban J connectivity index is 0.986. The van der Waals surface area contributed by atoms with Crippen LogP contribution in [0.1, 0.15) is 22.3 Å². The summed E-state index contributed by atoms with van der Waals surface area (Å²) in [5.41, 5.74) is 23.0. The minimum absolute atomic E-state index is 0.416. The molecule has 0 atom stereocenters. The Morgan fingerprint density at radius 3 is 1.49 bits per heavy atom. The monoisotopic (exact) mass is 864 g/mol. The highest BCUT2D eigenvalue weighted by molar-refractivity contribution is 6.10. The molecular formula is C65H40N2O. The van der Waals surface area contributed by atoms with Crippen molar-refractivity contribution in [2.24, 2.45) is 0 Å². The van der Waals surface area contributed by atoms with Gasteiger partial charge in [0.05, 0.1) is 16.8 Å². The standard InChI is InChI=1S/C65H40N2O/c1-3-17-41(18-4-1)43-21-15-22-44(35-43)46-36-47(49-27-16-28-54-53-26-10-14-32-62(53)68-63(49)54)38-48(37-46)61-40-60(66-64(67-61)42-19-5-2-6-20-42)45-33-34-59-55(39-45)52-25-9-13-31-58(52)65(59)56-29-11-7-23-50(56)51-24-8-12-30-57(51)65/h1-40H. The topological polar surface area (TPSA) is 38.9 Å². The van der Waals surface area contributed by atoms with Gasteiger partial charge in [-0.05, 0) is 115 Å². The van der Waals surface area contributed by atoms with E-state index in [0.717, 1.165) is 77.8 Å². The second-order valence-corrected chi connectivity index (χ2v) is 18.0. The van der Waals surface area contributed by atoms with Crippen LogP contribution in [0, 0.1) is 0 Å². The van der Waals surface area contributed by atoms with Gasteiger partial charge in [0.15, 0.2) is 5.82 Å². The summed E-state index contributed by atoms with van der Waals surface area (Å²) < 4.78 is 6.67. The lowest BCUT2D eigenvalue weighted by molar-refractivity contribution is 0.670. The highest BCUT2D eigenvalue weighted by Gasteiger charge is 2.51. The van der Waals surface area contributed by atoms with Gasteiger partial charge >= 0.3 is 0 Å². The normalized spacial score (nSPS) is 12.8. The highest BCUT2D eigenvalue weighted by atomic mass is 16.3. The molecule has 2 aliphatic carbocycles. The average molecular weight is 865 g/mol. The van der Waals surface area contributed by atoms with Crippen LogP contribution >= 0.6 is 0 Å². The fraction of sp³-hybridized carbons (Fsp3) is 0.0154. The second-order valence-electron chi connectivity index (χ2n) is 18.0. The highest BCUT2D eigenvalue weighted by Crippen LogP contribution is 2.63. The first kappa shape index (κ1) is 38.4. The Kier molecular flexibility index (Phi) is 8.50. The third kappa shape index (κ3) is 5.79. The van der Waals surface area contributed by atoms with Crippen molar-refractivity contribution in [2.45, 2.75) is 5.41 Å². The fourth-order valence-corrected chi connectivity index (χ4v) is 11.3. The summed E-state index contributed by atoms with van der Waals surface area (Å²) in [7, 11) is 0. The quantitative estimate of drug-likeness (QED) is 0.167. The smallest absolute Gasteiger partial charge is 0.160 e. The molecule has 316 valence electrons. The van der Waals surface area contributed by atoms with Crippen molar-refractivity contribution in [3.8, 4) is 89.5 Å². The van der Waals surface area contributed by atoms with Gasteiger partial charge in [-0.15, -0.1) is 0 Å². The van der Waals surface area contributed by atoms with Crippen molar-refractivity contribution < 1.29 is 4.42 Å². The molecule has 10 aromatic carbocycles. The molecule has 3 heteroatoms. The van der Waals surface area contributed by atoms with Crippen LogP contribution in [0.4, 0.5) is 0 Å². The predicted octanol–water partition coefficient (Wildman–Crippen LogP) is 16.7. The first-order valence-electron chi connectivity index (χ1n) is 23.3. The molecule has 0 saturated carbocycles. The van der Waals surface area contributed by atoms with Crippen molar-refractivity contribution in [3.05, 3.63) is 265 Å². The van der Waals surface area contributed by atoms with Crippen molar-refractivity contribution in [1.82, 2.24) is 9.97 Å². The van der Waals surface area contributed by atoms with Crippen LogP contribution in [0.15, 0.2) is 247 Å². The van der Waals surface area contributed by atoms with Gasteiger partial charge in [-0.3, -0.25) is 0 Å². The van der Waals surface area contributed by atoms with E-state index in [1.165, 1.54) is 50.1 Å². The number of hydrogen-bond donors (Lipinski definition) is 0.